The molecular formula is C15H17N3S. The molecule has 98 valence electrons. The van der Waals surface area contributed by atoms with Crippen LogP contribution in [0.5, 0.6) is 0 Å². The average molecular weight is 271 g/mol. The minimum atomic E-state index is 0.598. The summed E-state index contributed by atoms with van der Waals surface area (Å²) in [5.74, 6) is 0. The highest BCUT2D eigenvalue weighted by molar-refractivity contribution is 7.15. The van der Waals surface area contributed by atoms with Crippen molar-refractivity contribution in [3.8, 4) is 10.6 Å². The van der Waals surface area contributed by atoms with Crippen LogP contribution in [0, 0.1) is 0 Å². The van der Waals surface area contributed by atoms with Crippen LogP contribution < -0.4 is 5.73 Å². The average Bonchev–Trinajstić information content (AvgIpc) is 2.92. The highest BCUT2D eigenvalue weighted by Crippen LogP contribution is 2.46. The lowest BCUT2D eigenvalue weighted by Gasteiger charge is -2.29. The van der Waals surface area contributed by atoms with Crippen LogP contribution in [0.25, 0.3) is 10.6 Å². The molecule has 1 saturated heterocycles. The molecule has 2 aliphatic heterocycles. The second-order valence-corrected chi connectivity index (χ2v) is 6.60. The minimum Gasteiger partial charge on any atom is -0.399 e. The largest absolute Gasteiger partial charge is 0.399 e. The molecule has 0 radical (unpaired) electrons. The van der Waals surface area contributed by atoms with Crippen LogP contribution in [0.1, 0.15) is 29.5 Å². The van der Waals surface area contributed by atoms with Crippen molar-refractivity contribution in [3.63, 3.8) is 0 Å². The maximum atomic E-state index is 5.87. The van der Waals surface area contributed by atoms with Crippen LogP contribution in [0.3, 0.4) is 0 Å². The number of rotatable bonds is 1. The normalized spacial score (nSPS) is 25.5. The maximum absolute atomic E-state index is 5.87. The van der Waals surface area contributed by atoms with Crippen molar-refractivity contribution in [1.82, 2.24) is 9.88 Å². The molecule has 3 heterocycles. The number of hydrogen-bond acceptors (Lipinski definition) is 4. The molecule has 4 heteroatoms. The van der Waals surface area contributed by atoms with Crippen LogP contribution in [-0.2, 0) is 6.42 Å². The van der Waals surface area contributed by atoms with Gasteiger partial charge in [0.1, 0.15) is 5.01 Å². The summed E-state index contributed by atoms with van der Waals surface area (Å²) in [7, 11) is 2.26. The summed E-state index contributed by atoms with van der Waals surface area (Å²) in [6.45, 7) is 0. The van der Waals surface area contributed by atoms with Gasteiger partial charge >= 0.3 is 0 Å². The predicted octanol–water partition coefficient (Wildman–Crippen LogP) is 3.08. The first-order valence-corrected chi connectivity index (χ1v) is 7.61. The van der Waals surface area contributed by atoms with Crippen molar-refractivity contribution < 1.29 is 0 Å². The number of benzene rings is 1. The van der Waals surface area contributed by atoms with E-state index in [1.807, 2.05) is 29.5 Å². The first kappa shape index (κ1) is 11.4. The van der Waals surface area contributed by atoms with E-state index < -0.39 is 0 Å². The molecule has 0 spiro atoms. The van der Waals surface area contributed by atoms with E-state index in [-0.39, 0.29) is 0 Å². The third kappa shape index (κ3) is 1.70. The molecule has 1 fully saturated rings. The Labute approximate surface area is 117 Å². The Kier molecular flexibility index (Phi) is 2.44. The zero-order chi connectivity index (χ0) is 13.0. The number of aromatic nitrogens is 1. The van der Waals surface area contributed by atoms with Crippen LogP contribution in [0.2, 0.25) is 0 Å². The smallest absolute Gasteiger partial charge is 0.124 e. The third-order valence-electron chi connectivity index (χ3n) is 4.43. The van der Waals surface area contributed by atoms with Gasteiger partial charge in [0, 0.05) is 34.6 Å². The van der Waals surface area contributed by atoms with Gasteiger partial charge in [-0.25, -0.2) is 4.98 Å². The number of nitrogens with two attached hydrogens (primary N) is 1. The van der Waals surface area contributed by atoms with E-state index in [9.17, 15) is 0 Å². The summed E-state index contributed by atoms with van der Waals surface area (Å²) in [5, 5.41) is 1.12. The van der Waals surface area contributed by atoms with Gasteiger partial charge in [-0.15, -0.1) is 11.3 Å². The highest BCUT2D eigenvalue weighted by atomic mass is 32.1. The van der Waals surface area contributed by atoms with E-state index in [1.54, 1.807) is 0 Å². The second kappa shape index (κ2) is 4.05. The number of anilines is 1. The highest BCUT2D eigenvalue weighted by Gasteiger charge is 2.39. The van der Waals surface area contributed by atoms with Crippen molar-refractivity contribution in [2.24, 2.45) is 0 Å². The van der Waals surface area contributed by atoms with Gasteiger partial charge < -0.3 is 5.73 Å². The quantitative estimate of drug-likeness (QED) is 0.810. The summed E-state index contributed by atoms with van der Waals surface area (Å²) in [5.41, 5.74) is 9.16. The van der Waals surface area contributed by atoms with E-state index in [4.69, 9.17) is 10.7 Å². The van der Waals surface area contributed by atoms with Crippen molar-refractivity contribution in [1.29, 1.82) is 0 Å². The predicted molar refractivity (Wildman–Crippen MR) is 79.2 cm³/mol. The number of hydrogen-bond donors (Lipinski definition) is 1. The van der Waals surface area contributed by atoms with Gasteiger partial charge in [0.2, 0.25) is 0 Å². The molecule has 0 amide bonds. The summed E-state index contributed by atoms with van der Waals surface area (Å²) in [6, 6.07) is 9.35. The topological polar surface area (TPSA) is 42.1 Å². The molecule has 0 saturated carbocycles. The Bertz CT molecular complexity index is 634. The van der Waals surface area contributed by atoms with E-state index in [2.05, 4.69) is 18.0 Å². The summed E-state index contributed by atoms with van der Waals surface area (Å²) in [4.78, 5) is 8.89. The van der Waals surface area contributed by atoms with Gasteiger partial charge in [-0.1, -0.05) is 12.1 Å². The SMILES string of the molecule is CN1C2CCC1c1sc(-c3cccc(N)c3)nc1C2. The maximum Gasteiger partial charge on any atom is 0.124 e. The molecule has 2 N–H and O–H groups in total. The summed E-state index contributed by atoms with van der Waals surface area (Å²) in [6.07, 6.45) is 3.71. The van der Waals surface area contributed by atoms with Crippen molar-refractivity contribution in [3.05, 3.63) is 34.8 Å². The van der Waals surface area contributed by atoms with Gasteiger partial charge in [0.25, 0.3) is 0 Å². The molecule has 1 aromatic carbocycles. The lowest BCUT2D eigenvalue weighted by molar-refractivity contribution is 0.226. The van der Waals surface area contributed by atoms with Crippen LogP contribution >= 0.6 is 11.3 Å². The Hall–Kier alpha value is -1.39. The Morgan fingerprint density at radius 1 is 1.37 bits per heavy atom. The second-order valence-electron chi connectivity index (χ2n) is 5.57. The zero-order valence-corrected chi connectivity index (χ0v) is 11.8. The van der Waals surface area contributed by atoms with Crippen LogP contribution in [0.15, 0.2) is 24.3 Å². The van der Waals surface area contributed by atoms with Gasteiger partial charge in [-0.3, -0.25) is 4.90 Å². The number of fused-ring (bicyclic) bond motifs is 4. The van der Waals surface area contributed by atoms with Gasteiger partial charge in [0.15, 0.2) is 0 Å². The fourth-order valence-corrected chi connectivity index (χ4v) is 4.64. The molecule has 2 bridgehead atoms. The number of likely N-dealkylation sites (N-methyl/N-ethyl adjacent to an activating group) is 1. The Morgan fingerprint density at radius 3 is 3.11 bits per heavy atom. The van der Waals surface area contributed by atoms with Crippen LogP contribution in [-0.4, -0.2) is 23.0 Å². The zero-order valence-electron chi connectivity index (χ0n) is 11.0. The lowest BCUT2D eigenvalue weighted by atomic mass is 10.1. The Morgan fingerprint density at radius 2 is 2.26 bits per heavy atom. The molecule has 4 rings (SSSR count). The van der Waals surface area contributed by atoms with Gasteiger partial charge in [-0.05, 0) is 32.0 Å². The van der Waals surface area contributed by atoms with E-state index in [1.165, 1.54) is 23.4 Å². The standard InChI is InChI=1S/C15H17N3S/c1-18-11-5-6-13(18)14-12(8-11)17-15(19-14)9-3-2-4-10(16)7-9/h2-4,7,11,13H,5-6,8,16H2,1H3. The molecule has 1 aromatic heterocycles. The van der Waals surface area contributed by atoms with Crippen molar-refractivity contribution in [2.45, 2.75) is 31.3 Å². The number of thiazole rings is 1. The molecule has 2 aromatic rings. The fourth-order valence-electron chi connectivity index (χ4n) is 3.36. The van der Waals surface area contributed by atoms with Crippen LogP contribution in [0.4, 0.5) is 5.69 Å². The Balaban J connectivity index is 1.78. The first-order valence-electron chi connectivity index (χ1n) is 6.80. The van der Waals surface area contributed by atoms with E-state index >= 15 is 0 Å². The lowest BCUT2D eigenvalue weighted by Crippen LogP contribution is -2.33. The fraction of sp³-hybridized carbons (Fsp3) is 0.400. The van der Waals surface area contributed by atoms with Gasteiger partial charge in [0.05, 0.1) is 5.69 Å². The van der Waals surface area contributed by atoms with Crippen molar-refractivity contribution in [2.75, 3.05) is 12.8 Å². The summed E-state index contributed by atoms with van der Waals surface area (Å²) < 4.78 is 0. The molecule has 19 heavy (non-hydrogen) atoms. The summed E-state index contributed by atoms with van der Waals surface area (Å²) >= 11 is 1.85. The van der Waals surface area contributed by atoms with E-state index in [0.717, 1.165) is 22.7 Å². The van der Waals surface area contributed by atoms with Gasteiger partial charge in [-0.2, -0.15) is 0 Å². The molecule has 2 unspecified atom stereocenters. The molecular weight excluding hydrogens is 254 g/mol. The van der Waals surface area contributed by atoms with E-state index in [0.29, 0.717) is 12.1 Å². The molecule has 0 aliphatic carbocycles. The monoisotopic (exact) mass is 271 g/mol. The number of nitrogens with zero attached hydrogens (tertiary/aromatic N) is 2. The van der Waals surface area contributed by atoms with Crippen molar-refractivity contribution >= 4 is 17.0 Å². The third-order valence-corrected chi connectivity index (χ3v) is 5.68. The molecule has 3 nitrogen and oxygen atoms in total. The number of nitrogen functional groups attached to an aromatic ring is 1. The first-order chi connectivity index (χ1) is 9.22. The minimum absolute atomic E-state index is 0.598. The molecule has 2 atom stereocenters. The molecule has 2 aliphatic rings.